The highest BCUT2D eigenvalue weighted by Crippen LogP contribution is 2.42. The van der Waals surface area contributed by atoms with Crippen LogP contribution in [0.2, 0.25) is 0 Å². The summed E-state index contributed by atoms with van der Waals surface area (Å²) >= 11 is 1.51. The van der Waals surface area contributed by atoms with E-state index in [4.69, 9.17) is 9.72 Å². The molecule has 1 aromatic carbocycles. The van der Waals surface area contributed by atoms with Gasteiger partial charge in [-0.3, -0.25) is 9.78 Å². The van der Waals surface area contributed by atoms with Crippen LogP contribution in [0.4, 0.5) is 5.13 Å². The second-order valence-electron chi connectivity index (χ2n) is 8.96. The van der Waals surface area contributed by atoms with Gasteiger partial charge in [0.25, 0.3) is 0 Å². The number of hydrogen-bond acceptors (Lipinski definition) is 7. The maximum atomic E-state index is 10.9. The fraction of sp³-hybridized carbons (Fsp3) is 0.417. The topological polar surface area (TPSA) is 68.2 Å². The number of carbonyl (C=O) groups is 1. The average Bonchev–Trinajstić information content (AvgIpc) is 3.37. The SMILES string of the molecule is CC(C)Cc1nsc(N2CCC3(CC2)Cc2cc(-c4ccc(C=O)cc4)ncc2O3)n1. The van der Waals surface area contributed by atoms with Crippen molar-refractivity contribution < 1.29 is 9.53 Å². The average molecular weight is 435 g/mol. The Morgan fingerprint density at radius 3 is 2.71 bits per heavy atom. The van der Waals surface area contributed by atoms with Gasteiger partial charge < -0.3 is 9.64 Å². The second-order valence-corrected chi connectivity index (χ2v) is 9.69. The molecule has 2 aliphatic heterocycles. The molecular formula is C24H26N4O2S. The van der Waals surface area contributed by atoms with Crippen LogP contribution in [-0.4, -0.2) is 39.3 Å². The molecule has 4 heterocycles. The van der Waals surface area contributed by atoms with Crippen molar-refractivity contribution in [3.05, 3.63) is 53.5 Å². The number of carbonyl (C=O) groups excluding carboxylic acids is 1. The minimum absolute atomic E-state index is 0.147. The number of piperidine rings is 1. The second kappa shape index (κ2) is 8.04. The van der Waals surface area contributed by atoms with Crippen molar-refractivity contribution >= 4 is 23.0 Å². The molecule has 0 N–H and O–H groups in total. The molecule has 5 rings (SSSR count). The third-order valence-corrected chi connectivity index (χ3v) is 6.94. The Bertz CT molecular complexity index is 1090. The van der Waals surface area contributed by atoms with E-state index in [0.29, 0.717) is 11.5 Å². The number of aldehydes is 1. The van der Waals surface area contributed by atoms with E-state index in [1.807, 2.05) is 30.5 Å². The van der Waals surface area contributed by atoms with Crippen molar-refractivity contribution in [2.24, 2.45) is 5.92 Å². The zero-order valence-corrected chi connectivity index (χ0v) is 18.7. The number of nitrogens with zero attached hydrogens (tertiary/aromatic N) is 4. The molecule has 0 unspecified atom stereocenters. The van der Waals surface area contributed by atoms with E-state index in [0.717, 1.165) is 73.0 Å². The third-order valence-electron chi connectivity index (χ3n) is 6.12. The number of fused-ring (bicyclic) bond motifs is 1. The maximum Gasteiger partial charge on any atom is 0.205 e. The van der Waals surface area contributed by atoms with Gasteiger partial charge in [0.1, 0.15) is 23.5 Å². The highest BCUT2D eigenvalue weighted by atomic mass is 32.1. The van der Waals surface area contributed by atoms with Crippen molar-refractivity contribution in [1.82, 2.24) is 14.3 Å². The molecule has 160 valence electrons. The van der Waals surface area contributed by atoms with Crippen molar-refractivity contribution in [2.45, 2.75) is 45.1 Å². The number of aromatic nitrogens is 3. The van der Waals surface area contributed by atoms with E-state index < -0.39 is 0 Å². The first-order valence-corrected chi connectivity index (χ1v) is 11.6. The van der Waals surface area contributed by atoms with Gasteiger partial charge in [-0.05, 0) is 12.0 Å². The van der Waals surface area contributed by atoms with Crippen LogP contribution in [0.5, 0.6) is 5.75 Å². The van der Waals surface area contributed by atoms with Crippen LogP contribution >= 0.6 is 11.5 Å². The Balaban J connectivity index is 1.26. The number of pyridine rings is 1. The predicted molar refractivity (Wildman–Crippen MR) is 122 cm³/mol. The lowest BCUT2D eigenvalue weighted by atomic mass is 9.87. The van der Waals surface area contributed by atoms with Crippen molar-refractivity contribution in [1.29, 1.82) is 0 Å². The van der Waals surface area contributed by atoms with E-state index >= 15 is 0 Å². The fourth-order valence-corrected chi connectivity index (χ4v) is 5.17. The van der Waals surface area contributed by atoms with E-state index in [-0.39, 0.29) is 5.60 Å². The summed E-state index contributed by atoms with van der Waals surface area (Å²) in [6, 6.07) is 9.67. The van der Waals surface area contributed by atoms with Crippen LogP contribution < -0.4 is 9.64 Å². The van der Waals surface area contributed by atoms with Gasteiger partial charge >= 0.3 is 0 Å². The monoisotopic (exact) mass is 434 g/mol. The minimum atomic E-state index is -0.147. The molecule has 0 atom stereocenters. The van der Waals surface area contributed by atoms with Crippen molar-refractivity contribution in [3.63, 3.8) is 0 Å². The highest BCUT2D eigenvalue weighted by molar-refractivity contribution is 7.09. The third kappa shape index (κ3) is 4.06. The first-order chi connectivity index (χ1) is 15.0. The number of ether oxygens (including phenoxy) is 1. The molecule has 6 nitrogen and oxygen atoms in total. The molecule has 1 fully saturated rings. The summed E-state index contributed by atoms with van der Waals surface area (Å²) in [6.45, 7) is 6.25. The molecule has 31 heavy (non-hydrogen) atoms. The Kier molecular flexibility index (Phi) is 5.22. The Morgan fingerprint density at radius 2 is 2.00 bits per heavy atom. The summed E-state index contributed by atoms with van der Waals surface area (Å²) in [5, 5.41) is 1.03. The summed E-state index contributed by atoms with van der Waals surface area (Å²) in [5.41, 5.74) is 3.67. The van der Waals surface area contributed by atoms with Crippen LogP contribution in [0.3, 0.4) is 0 Å². The van der Waals surface area contributed by atoms with E-state index in [1.165, 1.54) is 17.1 Å². The summed E-state index contributed by atoms with van der Waals surface area (Å²) in [7, 11) is 0. The van der Waals surface area contributed by atoms with Gasteiger partial charge in [-0.15, -0.1) is 0 Å². The van der Waals surface area contributed by atoms with Gasteiger partial charge in [0.05, 0.1) is 11.9 Å². The molecule has 2 aliphatic rings. The zero-order chi connectivity index (χ0) is 21.4. The number of hydrogen-bond donors (Lipinski definition) is 0. The first-order valence-electron chi connectivity index (χ1n) is 10.8. The summed E-state index contributed by atoms with van der Waals surface area (Å²) in [4.78, 5) is 22.6. The Labute approximate surface area is 186 Å². The van der Waals surface area contributed by atoms with Crippen LogP contribution in [-0.2, 0) is 12.8 Å². The van der Waals surface area contributed by atoms with Gasteiger partial charge in [-0.2, -0.15) is 4.37 Å². The van der Waals surface area contributed by atoms with Crippen LogP contribution in [0, 0.1) is 5.92 Å². The predicted octanol–water partition coefficient (Wildman–Crippen LogP) is 4.59. The number of rotatable bonds is 5. The minimum Gasteiger partial charge on any atom is -0.485 e. The maximum absolute atomic E-state index is 10.9. The molecule has 0 aliphatic carbocycles. The molecule has 7 heteroatoms. The molecule has 1 saturated heterocycles. The molecule has 0 radical (unpaired) electrons. The standard InChI is InChI=1S/C24H26N4O2S/c1-16(2)11-22-26-23(31-27-22)28-9-7-24(8-10-28)13-19-12-20(25-14-21(19)30-24)18-5-3-17(15-29)4-6-18/h3-6,12,14-16H,7-11,13H2,1-2H3. The van der Waals surface area contributed by atoms with Crippen LogP contribution in [0.25, 0.3) is 11.3 Å². The Morgan fingerprint density at radius 1 is 1.23 bits per heavy atom. The van der Waals surface area contributed by atoms with Gasteiger partial charge in [-0.25, -0.2) is 4.98 Å². The van der Waals surface area contributed by atoms with Crippen LogP contribution in [0.1, 0.15) is 48.4 Å². The number of anilines is 1. The lowest BCUT2D eigenvalue weighted by Crippen LogP contribution is -2.47. The molecular weight excluding hydrogens is 408 g/mol. The lowest BCUT2D eigenvalue weighted by Gasteiger charge is -2.38. The zero-order valence-electron chi connectivity index (χ0n) is 17.9. The summed E-state index contributed by atoms with van der Waals surface area (Å²) in [6.07, 6.45) is 6.47. The largest absolute Gasteiger partial charge is 0.485 e. The van der Waals surface area contributed by atoms with E-state index in [1.54, 1.807) is 0 Å². The first kappa shape index (κ1) is 20.1. The van der Waals surface area contributed by atoms with Gasteiger partial charge in [0.2, 0.25) is 5.13 Å². The van der Waals surface area contributed by atoms with Crippen molar-refractivity contribution in [3.8, 4) is 17.0 Å². The smallest absolute Gasteiger partial charge is 0.205 e. The van der Waals surface area contributed by atoms with Gasteiger partial charge in [-0.1, -0.05) is 38.1 Å². The summed E-state index contributed by atoms with van der Waals surface area (Å²) < 4.78 is 11.0. The highest BCUT2D eigenvalue weighted by Gasteiger charge is 2.42. The summed E-state index contributed by atoms with van der Waals surface area (Å²) in [5.74, 6) is 2.43. The van der Waals surface area contributed by atoms with Crippen molar-refractivity contribution in [2.75, 3.05) is 18.0 Å². The molecule has 2 aromatic heterocycles. The lowest BCUT2D eigenvalue weighted by molar-refractivity contribution is 0.0665. The molecule has 0 bridgehead atoms. The fourth-order valence-electron chi connectivity index (χ4n) is 4.43. The number of benzene rings is 1. The molecule has 1 spiro atoms. The van der Waals surface area contributed by atoms with E-state index in [9.17, 15) is 4.79 Å². The molecule has 3 aromatic rings. The van der Waals surface area contributed by atoms with E-state index in [2.05, 4.69) is 34.2 Å². The molecule has 0 saturated carbocycles. The Hall–Kier alpha value is -2.80. The molecule has 0 amide bonds. The van der Waals surface area contributed by atoms with Gasteiger partial charge in [0.15, 0.2) is 0 Å². The van der Waals surface area contributed by atoms with Gasteiger partial charge in [0, 0.05) is 67.0 Å². The quantitative estimate of drug-likeness (QED) is 0.548. The normalized spacial score (nSPS) is 17.1. The van der Waals surface area contributed by atoms with Crippen LogP contribution in [0.15, 0.2) is 36.5 Å².